The molecule has 0 aliphatic rings. The zero-order valence-corrected chi connectivity index (χ0v) is 20.1. The van der Waals surface area contributed by atoms with Crippen molar-refractivity contribution in [1.82, 2.24) is 5.06 Å². The summed E-state index contributed by atoms with van der Waals surface area (Å²) in [6.45, 7) is 4.04. The number of halogens is 3. The lowest BCUT2D eigenvalue weighted by molar-refractivity contribution is -0.189. The van der Waals surface area contributed by atoms with Crippen molar-refractivity contribution in [3.05, 3.63) is 68.1 Å². The predicted octanol–water partition coefficient (Wildman–Crippen LogP) is 6.95. The van der Waals surface area contributed by atoms with Gasteiger partial charge in [-0.25, -0.2) is 5.06 Å². The molecular weight excluding hydrogens is 500 g/mol. The fourth-order valence-electron chi connectivity index (χ4n) is 2.62. The molecule has 9 heteroatoms. The third kappa shape index (κ3) is 7.63. The minimum Gasteiger partial charge on any atom is -0.273 e. The third-order valence-electron chi connectivity index (χ3n) is 4.10. The highest BCUT2D eigenvalue weighted by atomic mass is 79.9. The summed E-state index contributed by atoms with van der Waals surface area (Å²) in [5.74, 6) is -0.235. The molecule has 0 heterocycles. The normalized spacial score (nSPS) is 12.5. The topological polar surface area (TPSA) is 55.8 Å². The number of amides is 1. The molecule has 29 heavy (non-hydrogen) atoms. The minimum absolute atomic E-state index is 0.235. The van der Waals surface area contributed by atoms with Gasteiger partial charge in [0.1, 0.15) is 6.61 Å². The zero-order valence-electron chi connectivity index (χ0n) is 16.1. The molecule has 2 rings (SSSR count). The van der Waals surface area contributed by atoms with Crippen molar-refractivity contribution in [2.75, 3.05) is 13.2 Å². The first-order valence-electron chi connectivity index (χ1n) is 9.01. The van der Waals surface area contributed by atoms with Crippen molar-refractivity contribution in [2.24, 2.45) is 0 Å². The van der Waals surface area contributed by atoms with Gasteiger partial charge in [-0.1, -0.05) is 57.3 Å². The van der Waals surface area contributed by atoms with Crippen molar-refractivity contribution < 1.29 is 18.7 Å². The summed E-state index contributed by atoms with van der Waals surface area (Å²) in [4.78, 5) is 17.7. The Morgan fingerprint density at radius 1 is 1.17 bits per heavy atom. The van der Waals surface area contributed by atoms with E-state index in [-0.39, 0.29) is 19.1 Å². The molecule has 0 N–H and O–H groups in total. The van der Waals surface area contributed by atoms with Crippen LogP contribution in [-0.2, 0) is 25.3 Å². The average Bonchev–Trinajstić information content (AvgIpc) is 2.68. The zero-order chi connectivity index (χ0) is 21.4. The van der Waals surface area contributed by atoms with Gasteiger partial charge in [-0.05, 0) is 41.3 Å². The second-order valence-electron chi connectivity index (χ2n) is 6.20. The van der Waals surface area contributed by atoms with E-state index < -0.39 is 13.7 Å². The van der Waals surface area contributed by atoms with Crippen LogP contribution >= 0.6 is 47.2 Å². The second-order valence-corrected chi connectivity index (χ2v) is 9.38. The molecule has 0 aliphatic carbocycles. The van der Waals surface area contributed by atoms with Crippen molar-refractivity contribution >= 4 is 53.1 Å². The number of benzene rings is 2. The fourth-order valence-corrected chi connectivity index (χ4v) is 4.35. The van der Waals surface area contributed by atoms with E-state index in [0.29, 0.717) is 23.1 Å². The molecule has 156 valence electrons. The van der Waals surface area contributed by atoms with Crippen LogP contribution in [0.4, 0.5) is 0 Å². The van der Waals surface area contributed by atoms with E-state index in [1.165, 1.54) is 12.0 Å². The molecule has 0 saturated carbocycles. The van der Waals surface area contributed by atoms with Gasteiger partial charge in [-0.2, -0.15) is 0 Å². The molecule has 0 saturated heterocycles. The van der Waals surface area contributed by atoms with Gasteiger partial charge in [0.25, 0.3) is 0 Å². The van der Waals surface area contributed by atoms with Crippen LogP contribution in [0.2, 0.25) is 10.0 Å². The van der Waals surface area contributed by atoms with Crippen molar-refractivity contribution in [3.8, 4) is 0 Å². The Labute approximate surface area is 190 Å². The Hall–Kier alpha value is -1.01. The summed E-state index contributed by atoms with van der Waals surface area (Å²) < 4.78 is 18.9. The molecule has 0 aromatic heterocycles. The summed E-state index contributed by atoms with van der Waals surface area (Å²) in [6, 6.07) is 12.7. The highest BCUT2D eigenvalue weighted by Gasteiger charge is 2.35. The molecule has 2 atom stereocenters. The molecule has 0 radical (unpaired) electrons. The predicted molar refractivity (Wildman–Crippen MR) is 119 cm³/mol. The van der Waals surface area contributed by atoms with Crippen LogP contribution in [0.3, 0.4) is 0 Å². The van der Waals surface area contributed by atoms with Gasteiger partial charge >= 0.3 is 8.03 Å². The van der Waals surface area contributed by atoms with Gasteiger partial charge in [-0.15, -0.1) is 4.52 Å². The van der Waals surface area contributed by atoms with Gasteiger partial charge < -0.3 is 0 Å². The van der Waals surface area contributed by atoms with Crippen LogP contribution in [0, 0.1) is 0 Å². The van der Waals surface area contributed by atoms with Crippen LogP contribution < -0.4 is 0 Å². The SMILES string of the molecule is CCO[P+](=O)C(CCN(OCc1ccc(Br)cc1)C(C)=O)c1ccc(Cl)c(Cl)c1. The number of hydrogen-bond acceptors (Lipinski definition) is 4. The standard InChI is InChI=1S/C20H22BrCl2NO4P/c1-3-28-29(26)20(16-6-9-18(22)19(23)12-16)10-11-24(14(2)25)27-13-15-4-7-17(21)8-5-15/h4-9,12,20H,3,10-11,13H2,1-2H3/q+1. The first-order chi connectivity index (χ1) is 13.8. The first kappa shape index (κ1) is 24.3. The molecule has 0 fully saturated rings. The molecule has 2 unspecified atom stereocenters. The molecule has 2 aromatic rings. The maximum atomic E-state index is 12.6. The molecular formula is C20H22BrCl2NO4P+. The van der Waals surface area contributed by atoms with Gasteiger partial charge in [0, 0.05) is 23.4 Å². The number of carbonyl (C=O) groups is 1. The van der Waals surface area contributed by atoms with Crippen LogP contribution in [-0.4, -0.2) is 24.1 Å². The number of hydroxylamine groups is 2. The van der Waals surface area contributed by atoms with E-state index in [1.54, 1.807) is 25.1 Å². The summed E-state index contributed by atoms with van der Waals surface area (Å²) >= 11 is 15.5. The highest BCUT2D eigenvalue weighted by Crippen LogP contribution is 2.45. The van der Waals surface area contributed by atoms with E-state index in [1.807, 2.05) is 24.3 Å². The fraction of sp³-hybridized carbons (Fsp3) is 0.350. The quantitative estimate of drug-likeness (QED) is 0.251. The third-order valence-corrected chi connectivity index (χ3v) is 6.94. The number of carbonyl (C=O) groups excluding carboxylic acids is 1. The second kappa shape index (κ2) is 12.0. The van der Waals surface area contributed by atoms with E-state index in [9.17, 15) is 9.36 Å². The van der Waals surface area contributed by atoms with Gasteiger partial charge in [0.2, 0.25) is 11.6 Å². The van der Waals surface area contributed by atoms with Crippen LogP contribution in [0.5, 0.6) is 0 Å². The summed E-state index contributed by atoms with van der Waals surface area (Å²) in [5, 5.41) is 2.08. The lowest BCUT2D eigenvalue weighted by Crippen LogP contribution is -2.30. The van der Waals surface area contributed by atoms with Gasteiger partial charge in [0.15, 0.2) is 0 Å². The minimum atomic E-state index is -2.00. The van der Waals surface area contributed by atoms with E-state index in [2.05, 4.69) is 15.9 Å². The molecule has 0 bridgehead atoms. The maximum Gasteiger partial charge on any atom is 0.516 e. The number of hydrogen-bond donors (Lipinski definition) is 0. The molecule has 1 amide bonds. The molecule has 0 spiro atoms. The van der Waals surface area contributed by atoms with Crippen molar-refractivity contribution in [3.63, 3.8) is 0 Å². The Balaban J connectivity index is 2.08. The van der Waals surface area contributed by atoms with E-state index in [4.69, 9.17) is 32.6 Å². The van der Waals surface area contributed by atoms with Gasteiger partial charge in [0.05, 0.1) is 23.2 Å². The van der Waals surface area contributed by atoms with E-state index in [0.717, 1.165) is 15.6 Å². The Morgan fingerprint density at radius 3 is 2.45 bits per heavy atom. The molecule has 0 aliphatic heterocycles. The summed E-state index contributed by atoms with van der Waals surface area (Å²) in [5.41, 5.74) is 1.23. The van der Waals surface area contributed by atoms with Crippen LogP contribution in [0.1, 0.15) is 37.1 Å². The highest BCUT2D eigenvalue weighted by molar-refractivity contribution is 9.10. The maximum absolute atomic E-state index is 12.6. The van der Waals surface area contributed by atoms with Gasteiger partial charge in [-0.3, -0.25) is 9.63 Å². The van der Waals surface area contributed by atoms with Crippen LogP contribution in [0.25, 0.3) is 0 Å². The summed E-state index contributed by atoms with van der Waals surface area (Å²) in [6.07, 6.45) is 0.382. The molecule has 5 nitrogen and oxygen atoms in total. The number of nitrogens with zero attached hydrogens (tertiary/aromatic N) is 1. The largest absolute Gasteiger partial charge is 0.516 e. The lowest BCUT2D eigenvalue weighted by atomic mass is 10.1. The van der Waals surface area contributed by atoms with E-state index >= 15 is 0 Å². The Kier molecular flexibility index (Phi) is 10.0. The van der Waals surface area contributed by atoms with Crippen molar-refractivity contribution in [1.29, 1.82) is 0 Å². The monoisotopic (exact) mass is 520 g/mol. The van der Waals surface area contributed by atoms with Crippen molar-refractivity contribution in [2.45, 2.75) is 32.5 Å². The molecule has 2 aromatic carbocycles. The number of rotatable bonds is 10. The van der Waals surface area contributed by atoms with Crippen LogP contribution in [0.15, 0.2) is 46.9 Å². The first-order valence-corrected chi connectivity index (χ1v) is 11.8. The average molecular weight is 522 g/mol. The Morgan fingerprint density at radius 2 is 1.86 bits per heavy atom. The smallest absolute Gasteiger partial charge is 0.273 e. The lowest BCUT2D eigenvalue weighted by Gasteiger charge is -2.21. The summed E-state index contributed by atoms with van der Waals surface area (Å²) in [7, 11) is -2.00. The Bertz CT molecular complexity index is 851.